The first-order valence-electron chi connectivity index (χ1n) is 6.75. The van der Waals surface area contributed by atoms with Gasteiger partial charge in [0.1, 0.15) is 0 Å². The topological polar surface area (TPSA) is 20.2 Å². The second kappa shape index (κ2) is 5.15. The normalized spacial score (nSPS) is 14.3. The van der Waals surface area contributed by atoms with Gasteiger partial charge in [0.05, 0.1) is 0 Å². The van der Waals surface area contributed by atoms with Crippen LogP contribution in [0, 0.1) is 17.8 Å². The predicted octanol–water partition coefficient (Wildman–Crippen LogP) is 4.22. The van der Waals surface area contributed by atoms with Gasteiger partial charge in [0, 0.05) is 11.0 Å². The van der Waals surface area contributed by atoms with Gasteiger partial charge in [0.15, 0.2) is 5.60 Å². The van der Waals surface area contributed by atoms with E-state index < -0.39 is 11.0 Å². The molecule has 1 nitrogen and oxygen atoms in total. The second-order valence-electron chi connectivity index (χ2n) is 6.02. The van der Waals surface area contributed by atoms with Crippen molar-refractivity contribution < 1.29 is 5.11 Å². The quantitative estimate of drug-likeness (QED) is 0.805. The molecule has 102 valence electrons. The van der Waals surface area contributed by atoms with Gasteiger partial charge in [0.2, 0.25) is 0 Å². The molecule has 1 unspecified atom stereocenters. The Balaban J connectivity index is 2.69. The van der Waals surface area contributed by atoms with Crippen LogP contribution in [-0.4, -0.2) is 5.11 Å². The zero-order valence-electron chi connectivity index (χ0n) is 12.2. The molecule has 0 spiro atoms. The molecule has 0 aliphatic rings. The summed E-state index contributed by atoms with van der Waals surface area (Å²) in [4.78, 5) is 0. The van der Waals surface area contributed by atoms with Gasteiger partial charge in [-0.1, -0.05) is 81.3 Å². The Hall–Kier alpha value is -2.04. The van der Waals surface area contributed by atoms with Gasteiger partial charge < -0.3 is 5.11 Å². The average Bonchev–Trinajstić information content (AvgIpc) is 2.46. The number of hydrogen-bond acceptors (Lipinski definition) is 1. The molecular formula is C19H20O. The van der Waals surface area contributed by atoms with Crippen LogP contribution in [-0.2, 0) is 5.60 Å². The van der Waals surface area contributed by atoms with E-state index in [-0.39, 0.29) is 0 Å². The summed E-state index contributed by atoms with van der Waals surface area (Å²) in [6.07, 6.45) is 5.67. The molecule has 0 bridgehead atoms. The molecule has 0 amide bonds. The van der Waals surface area contributed by atoms with E-state index in [9.17, 15) is 5.11 Å². The largest absolute Gasteiger partial charge is 0.373 e. The van der Waals surface area contributed by atoms with E-state index in [2.05, 4.69) is 5.92 Å². The van der Waals surface area contributed by atoms with E-state index in [0.29, 0.717) is 0 Å². The minimum Gasteiger partial charge on any atom is -0.373 e. The van der Waals surface area contributed by atoms with Gasteiger partial charge >= 0.3 is 0 Å². The van der Waals surface area contributed by atoms with E-state index in [4.69, 9.17) is 6.42 Å². The lowest BCUT2D eigenvalue weighted by atomic mass is 9.71. The summed E-state index contributed by atoms with van der Waals surface area (Å²) in [7, 11) is 0. The highest BCUT2D eigenvalue weighted by molar-refractivity contribution is 5.69. The van der Waals surface area contributed by atoms with Crippen LogP contribution in [0.2, 0.25) is 0 Å². The Labute approximate surface area is 121 Å². The summed E-state index contributed by atoms with van der Waals surface area (Å²) < 4.78 is 0. The van der Waals surface area contributed by atoms with Crippen LogP contribution >= 0.6 is 0 Å². The van der Waals surface area contributed by atoms with Gasteiger partial charge in [0.25, 0.3) is 0 Å². The molecular weight excluding hydrogens is 244 g/mol. The summed E-state index contributed by atoms with van der Waals surface area (Å²) in [6.45, 7) is 5.86. The molecule has 0 aromatic heterocycles. The van der Waals surface area contributed by atoms with E-state index >= 15 is 0 Å². The van der Waals surface area contributed by atoms with Crippen molar-refractivity contribution in [1.29, 1.82) is 0 Å². The maximum Gasteiger partial charge on any atom is 0.156 e. The van der Waals surface area contributed by atoms with Crippen molar-refractivity contribution in [3.05, 3.63) is 60.2 Å². The Morgan fingerprint density at radius 1 is 0.900 bits per heavy atom. The second-order valence-corrected chi connectivity index (χ2v) is 6.02. The van der Waals surface area contributed by atoms with Crippen molar-refractivity contribution in [2.75, 3.05) is 0 Å². The van der Waals surface area contributed by atoms with Crippen molar-refractivity contribution in [3.8, 4) is 23.5 Å². The zero-order valence-corrected chi connectivity index (χ0v) is 12.2. The van der Waals surface area contributed by atoms with E-state index in [1.807, 2.05) is 75.4 Å². The van der Waals surface area contributed by atoms with Gasteiger partial charge in [-0.25, -0.2) is 0 Å². The molecule has 2 rings (SSSR count). The molecule has 0 saturated carbocycles. The molecule has 2 aromatic carbocycles. The lowest BCUT2D eigenvalue weighted by molar-refractivity contribution is -0.00836. The fraction of sp³-hybridized carbons (Fsp3) is 0.263. The standard InChI is InChI=1S/C19H20O/c1-5-19(20,18(2,3)4)17-14-10-9-13-16(17)15-11-7-6-8-12-15/h1,6-14,20H,2-4H3. The first-order valence-corrected chi connectivity index (χ1v) is 6.75. The molecule has 0 heterocycles. The van der Waals surface area contributed by atoms with E-state index in [1.54, 1.807) is 0 Å². The van der Waals surface area contributed by atoms with Crippen molar-refractivity contribution in [2.45, 2.75) is 26.4 Å². The van der Waals surface area contributed by atoms with Crippen LogP contribution in [0.5, 0.6) is 0 Å². The summed E-state index contributed by atoms with van der Waals surface area (Å²) in [6, 6.07) is 17.8. The highest BCUT2D eigenvalue weighted by Gasteiger charge is 2.41. The summed E-state index contributed by atoms with van der Waals surface area (Å²) in [5.74, 6) is 2.60. The molecule has 0 saturated heterocycles. The molecule has 0 aliphatic heterocycles. The van der Waals surface area contributed by atoms with Gasteiger partial charge in [-0.2, -0.15) is 0 Å². The first-order chi connectivity index (χ1) is 9.40. The molecule has 1 N–H and O–H groups in total. The van der Waals surface area contributed by atoms with Crippen LogP contribution < -0.4 is 0 Å². The molecule has 1 atom stereocenters. The Morgan fingerprint density at radius 2 is 1.45 bits per heavy atom. The molecule has 20 heavy (non-hydrogen) atoms. The first kappa shape index (κ1) is 14.4. The van der Waals surface area contributed by atoms with Crippen molar-refractivity contribution in [3.63, 3.8) is 0 Å². The Morgan fingerprint density at radius 3 is 2.00 bits per heavy atom. The maximum absolute atomic E-state index is 11.0. The minimum atomic E-state index is -1.31. The average molecular weight is 264 g/mol. The molecule has 1 heteroatoms. The third kappa shape index (κ3) is 2.35. The van der Waals surface area contributed by atoms with Crippen molar-refractivity contribution in [2.24, 2.45) is 5.41 Å². The van der Waals surface area contributed by atoms with Gasteiger partial charge in [-0.3, -0.25) is 0 Å². The summed E-state index contributed by atoms with van der Waals surface area (Å²) >= 11 is 0. The monoisotopic (exact) mass is 264 g/mol. The minimum absolute atomic E-state index is 0.452. The van der Waals surface area contributed by atoms with E-state index in [0.717, 1.165) is 16.7 Å². The molecule has 0 fully saturated rings. The number of terminal acetylenes is 1. The fourth-order valence-electron chi connectivity index (χ4n) is 2.37. The van der Waals surface area contributed by atoms with Crippen LogP contribution in [0.4, 0.5) is 0 Å². The smallest absolute Gasteiger partial charge is 0.156 e. The number of hydrogen-bond donors (Lipinski definition) is 1. The Kier molecular flexibility index (Phi) is 3.70. The van der Waals surface area contributed by atoms with Crippen LogP contribution in [0.3, 0.4) is 0 Å². The van der Waals surface area contributed by atoms with Crippen molar-refractivity contribution >= 4 is 0 Å². The molecule has 0 aliphatic carbocycles. The van der Waals surface area contributed by atoms with Gasteiger partial charge in [-0.05, 0) is 11.1 Å². The summed E-state index contributed by atoms with van der Waals surface area (Å²) in [5, 5.41) is 11.0. The molecule has 0 radical (unpaired) electrons. The maximum atomic E-state index is 11.0. The zero-order chi connectivity index (χ0) is 14.8. The van der Waals surface area contributed by atoms with Crippen LogP contribution in [0.15, 0.2) is 54.6 Å². The Bertz CT molecular complexity index is 629. The van der Waals surface area contributed by atoms with Gasteiger partial charge in [-0.15, -0.1) is 6.42 Å². The predicted molar refractivity (Wildman–Crippen MR) is 84.1 cm³/mol. The summed E-state index contributed by atoms with van der Waals surface area (Å²) in [5.41, 5.74) is 1.05. The van der Waals surface area contributed by atoms with E-state index in [1.165, 1.54) is 0 Å². The highest BCUT2D eigenvalue weighted by Crippen LogP contribution is 2.42. The fourth-order valence-corrected chi connectivity index (χ4v) is 2.37. The van der Waals surface area contributed by atoms with Crippen LogP contribution in [0.25, 0.3) is 11.1 Å². The number of benzene rings is 2. The third-order valence-electron chi connectivity index (χ3n) is 3.70. The molecule has 2 aromatic rings. The SMILES string of the molecule is C#CC(O)(c1ccccc1-c1ccccc1)C(C)(C)C. The lowest BCUT2D eigenvalue weighted by Crippen LogP contribution is -2.39. The van der Waals surface area contributed by atoms with Crippen LogP contribution in [0.1, 0.15) is 26.3 Å². The highest BCUT2D eigenvalue weighted by atomic mass is 16.3. The van der Waals surface area contributed by atoms with Crippen molar-refractivity contribution in [1.82, 2.24) is 0 Å². The third-order valence-corrected chi connectivity index (χ3v) is 3.70. The number of rotatable bonds is 2. The lowest BCUT2D eigenvalue weighted by Gasteiger charge is -2.37. The number of aliphatic hydroxyl groups is 1.